The molecule has 0 bridgehead atoms. The number of carbonyl (C=O) groups excluding carboxylic acids is 2. The summed E-state index contributed by atoms with van der Waals surface area (Å²) in [5.41, 5.74) is 2.62. The number of hydrogen-bond donors (Lipinski definition) is 0. The molecule has 1 aromatic heterocycles. The Morgan fingerprint density at radius 2 is 1.73 bits per heavy atom. The minimum atomic E-state index is -0.0445. The highest BCUT2D eigenvalue weighted by molar-refractivity contribution is 5.84. The van der Waals surface area contributed by atoms with Gasteiger partial charge in [0.15, 0.2) is 0 Å². The molecule has 2 aliphatic heterocycles. The fourth-order valence-electron chi connectivity index (χ4n) is 4.78. The van der Waals surface area contributed by atoms with Gasteiger partial charge >= 0.3 is 0 Å². The smallest absolute Gasteiger partial charge is 0.227 e. The van der Waals surface area contributed by atoms with Gasteiger partial charge in [0, 0.05) is 45.0 Å². The Bertz CT molecular complexity index is 832. The number of amides is 2. The Labute approximate surface area is 179 Å². The van der Waals surface area contributed by atoms with Crippen molar-refractivity contribution in [2.45, 2.75) is 44.4 Å². The van der Waals surface area contributed by atoms with E-state index in [2.05, 4.69) is 29.2 Å². The molecule has 158 valence electrons. The van der Waals surface area contributed by atoms with Gasteiger partial charge in [-0.15, -0.1) is 0 Å². The summed E-state index contributed by atoms with van der Waals surface area (Å²) < 4.78 is 0. The van der Waals surface area contributed by atoms with Crippen LogP contribution in [0, 0.1) is 5.92 Å². The van der Waals surface area contributed by atoms with Gasteiger partial charge in [0.1, 0.15) is 0 Å². The Hall–Kier alpha value is -2.69. The molecule has 0 aliphatic carbocycles. The molecule has 0 N–H and O–H groups in total. The summed E-state index contributed by atoms with van der Waals surface area (Å²) in [4.78, 5) is 33.5. The van der Waals surface area contributed by atoms with Gasteiger partial charge in [-0.2, -0.15) is 0 Å². The summed E-state index contributed by atoms with van der Waals surface area (Å²) in [6.07, 6.45) is 8.78. The molecule has 5 heteroatoms. The molecule has 3 heterocycles. The van der Waals surface area contributed by atoms with Crippen LogP contribution in [0.5, 0.6) is 0 Å². The molecule has 2 saturated heterocycles. The van der Waals surface area contributed by atoms with Crippen molar-refractivity contribution in [2.24, 2.45) is 5.92 Å². The molecule has 1 unspecified atom stereocenters. The third kappa shape index (κ3) is 5.07. The number of nitrogens with zero attached hydrogens (tertiary/aromatic N) is 3. The van der Waals surface area contributed by atoms with Gasteiger partial charge in [0.2, 0.25) is 11.8 Å². The van der Waals surface area contributed by atoms with E-state index in [1.54, 1.807) is 0 Å². The lowest BCUT2D eigenvalue weighted by Gasteiger charge is -2.38. The number of carbonyl (C=O) groups is 2. The highest BCUT2D eigenvalue weighted by Gasteiger charge is 2.34. The molecule has 4 rings (SSSR count). The molecule has 1 atom stereocenters. The molecule has 1 aromatic carbocycles. The molecule has 2 amide bonds. The van der Waals surface area contributed by atoms with E-state index in [9.17, 15) is 9.59 Å². The third-order valence-corrected chi connectivity index (χ3v) is 6.57. The molecule has 2 fully saturated rings. The first-order valence-electron chi connectivity index (χ1n) is 11.2. The second-order valence-electron chi connectivity index (χ2n) is 8.54. The number of benzene rings is 1. The summed E-state index contributed by atoms with van der Waals surface area (Å²) in [7, 11) is 0. The maximum absolute atomic E-state index is 13.1. The number of hydrogen-bond acceptors (Lipinski definition) is 3. The van der Waals surface area contributed by atoms with E-state index in [0.29, 0.717) is 25.3 Å². The lowest BCUT2D eigenvalue weighted by Crippen LogP contribution is -2.49. The Kier molecular flexibility index (Phi) is 6.77. The van der Waals surface area contributed by atoms with E-state index in [0.717, 1.165) is 45.3 Å². The molecule has 2 aliphatic rings. The van der Waals surface area contributed by atoms with Crippen molar-refractivity contribution in [2.75, 3.05) is 26.2 Å². The van der Waals surface area contributed by atoms with Crippen LogP contribution < -0.4 is 0 Å². The number of rotatable bonds is 6. The van der Waals surface area contributed by atoms with Gasteiger partial charge in [-0.1, -0.05) is 30.3 Å². The van der Waals surface area contributed by atoms with Crippen molar-refractivity contribution in [1.82, 2.24) is 14.8 Å². The second-order valence-corrected chi connectivity index (χ2v) is 8.54. The van der Waals surface area contributed by atoms with E-state index in [-0.39, 0.29) is 17.7 Å². The normalized spacial score (nSPS) is 20.4. The van der Waals surface area contributed by atoms with Gasteiger partial charge in [0.05, 0.1) is 5.92 Å². The SMILES string of the molecule is O=C1CCC(C(=O)N2CCC(c3ccncc3)CC2)CN1CCCc1ccccc1. The van der Waals surface area contributed by atoms with Crippen LogP contribution in [0.1, 0.15) is 49.1 Å². The first-order valence-corrected chi connectivity index (χ1v) is 11.2. The second kappa shape index (κ2) is 9.88. The molecular formula is C25H31N3O2. The molecule has 2 aromatic rings. The van der Waals surface area contributed by atoms with Crippen LogP contribution in [-0.4, -0.2) is 52.8 Å². The summed E-state index contributed by atoms with van der Waals surface area (Å²) >= 11 is 0. The van der Waals surface area contributed by atoms with Gasteiger partial charge in [-0.3, -0.25) is 14.6 Å². The molecule has 0 radical (unpaired) electrons. The Morgan fingerprint density at radius 3 is 2.47 bits per heavy atom. The zero-order valence-corrected chi connectivity index (χ0v) is 17.6. The van der Waals surface area contributed by atoms with Crippen LogP contribution in [-0.2, 0) is 16.0 Å². The Morgan fingerprint density at radius 1 is 1.00 bits per heavy atom. The fraction of sp³-hybridized carbons (Fsp3) is 0.480. The van der Waals surface area contributed by atoms with Crippen molar-refractivity contribution >= 4 is 11.8 Å². The summed E-state index contributed by atoms with van der Waals surface area (Å²) in [5, 5.41) is 0. The standard InChI is InChI=1S/C25H31N3O2/c29-24-9-8-23(19-28(24)16-4-7-20-5-2-1-3-6-20)25(30)27-17-12-22(13-18-27)21-10-14-26-15-11-21/h1-3,5-6,10-11,14-15,22-23H,4,7-9,12-13,16-19H2. The van der Waals surface area contributed by atoms with Gasteiger partial charge in [-0.25, -0.2) is 0 Å². The average molecular weight is 406 g/mol. The molecule has 0 saturated carbocycles. The summed E-state index contributed by atoms with van der Waals surface area (Å²) in [6.45, 7) is 2.94. The average Bonchev–Trinajstić information content (AvgIpc) is 2.81. The minimum Gasteiger partial charge on any atom is -0.342 e. The van der Waals surface area contributed by atoms with Crippen molar-refractivity contribution < 1.29 is 9.59 Å². The van der Waals surface area contributed by atoms with Gasteiger partial charge < -0.3 is 9.80 Å². The quantitative estimate of drug-likeness (QED) is 0.737. The number of piperidine rings is 2. The van der Waals surface area contributed by atoms with E-state index < -0.39 is 0 Å². The fourth-order valence-corrected chi connectivity index (χ4v) is 4.78. The van der Waals surface area contributed by atoms with Crippen LogP contribution in [0.15, 0.2) is 54.9 Å². The number of pyridine rings is 1. The molecule has 30 heavy (non-hydrogen) atoms. The van der Waals surface area contributed by atoms with E-state index >= 15 is 0 Å². The third-order valence-electron chi connectivity index (χ3n) is 6.57. The van der Waals surface area contributed by atoms with Crippen LogP contribution >= 0.6 is 0 Å². The minimum absolute atomic E-state index is 0.0445. The van der Waals surface area contributed by atoms with E-state index in [1.807, 2.05) is 40.4 Å². The lowest BCUT2D eigenvalue weighted by molar-refractivity contribution is -0.143. The number of likely N-dealkylation sites (tertiary alicyclic amines) is 2. The van der Waals surface area contributed by atoms with Crippen LogP contribution in [0.2, 0.25) is 0 Å². The van der Waals surface area contributed by atoms with Crippen LogP contribution in [0.4, 0.5) is 0 Å². The maximum Gasteiger partial charge on any atom is 0.227 e. The van der Waals surface area contributed by atoms with E-state index in [4.69, 9.17) is 0 Å². The first-order chi connectivity index (χ1) is 14.7. The zero-order valence-electron chi connectivity index (χ0n) is 17.6. The van der Waals surface area contributed by atoms with Crippen LogP contribution in [0.3, 0.4) is 0 Å². The lowest BCUT2D eigenvalue weighted by atomic mass is 9.88. The topological polar surface area (TPSA) is 53.5 Å². The zero-order chi connectivity index (χ0) is 20.8. The number of aryl methyl sites for hydroxylation is 1. The largest absolute Gasteiger partial charge is 0.342 e. The maximum atomic E-state index is 13.1. The predicted octanol–water partition coefficient (Wildman–Crippen LogP) is 3.66. The van der Waals surface area contributed by atoms with Gasteiger partial charge in [0.25, 0.3) is 0 Å². The summed E-state index contributed by atoms with van der Waals surface area (Å²) in [5.74, 6) is 0.906. The summed E-state index contributed by atoms with van der Waals surface area (Å²) in [6, 6.07) is 14.5. The Balaban J connectivity index is 1.26. The highest BCUT2D eigenvalue weighted by atomic mass is 16.2. The van der Waals surface area contributed by atoms with Crippen molar-refractivity contribution in [3.05, 3.63) is 66.0 Å². The predicted molar refractivity (Wildman–Crippen MR) is 117 cm³/mol. The molecular weight excluding hydrogens is 374 g/mol. The van der Waals surface area contributed by atoms with Crippen molar-refractivity contribution in [3.8, 4) is 0 Å². The molecule has 0 spiro atoms. The highest BCUT2D eigenvalue weighted by Crippen LogP contribution is 2.29. The van der Waals surface area contributed by atoms with Crippen LogP contribution in [0.25, 0.3) is 0 Å². The monoisotopic (exact) mass is 405 g/mol. The first kappa shape index (κ1) is 20.6. The van der Waals surface area contributed by atoms with Crippen molar-refractivity contribution in [1.29, 1.82) is 0 Å². The van der Waals surface area contributed by atoms with Gasteiger partial charge in [-0.05, 0) is 61.3 Å². The van der Waals surface area contributed by atoms with Crippen molar-refractivity contribution in [3.63, 3.8) is 0 Å². The molecule has 5 nitrogen and oxygen atoms in total. The number of aromatic nitrogens is 1. The van der Waals surface area contributed by atoms with E-state index in [1.165, 1.54) is 11.1 Å².